The molecular weight excluding hydrogens is 288 g/mol. The largest absolute Gasteiger partial charge is 0.383 e. The summed E-state index contributed by atoms with van der Waals surface area (Å²) < 4.78 is 0.996. The number of aromatic nitrogens is 2. The number of benzene rings is 2. The van der Waals surface area contributed by atoms with E-state index in [1.54, 1.807) is 6.20 Å². The summed E-state index contributed by atoms with van der Waals surface area (Å²) in [6, 6.07) is 17.7. The number of primary amides is 1. The predicted octanol–water partition coefficient (Wildman–Crippen LogP) is 3.21. The molecule has 5 nitrogen and oxygen atoms in total. The number of carbonyl (C=O) groups excluding carboxylic acids is 1. The van der Waals surface area contributed by atoms with Gasteiger partial charge in [-0.1, -0.05) is 61.5 Å². The van der Waals surface area contributed by atoms with Crippen molar-refractivity contribution in [2.45, 2.75) is 12.8 Å². The van der Waals surface area contributed by atoms with Crippen molar-refractivity contribution in [1.29, 1.82) is 0 Å². The first-order valence-corrected chi connectivity index (χ1v) is 7.36. The van der Waals surface area contributed by atoms with Gasteiger partial charge in [-0.05, 0) is 16.7 Å². The molecule has 4 N–H and O–H groups in total. The number of hydrogen-bond donors (Lipinski definition) is 2. The standard InChI is InChI=1S/C18H18N4O/c1-12(13-5-3-2-4-6-13)14-7-9-15(10-8-14)16-11-21-22(17(16)19)18(20)23/h2-12H,19H2,1H3,(H2,20,23). The van der Waals surface area contributed by atoms with E-state index in [0.29, 0.717) is 11.5 Å². The van der Waals surface area contributed by atoms with Crippen molar-refractivity contribution in [3.8, 4) is 11.1 Å². The van der Waals surface area contributed by atoms with Gasteiger partial charge in [-0.3, -0.25) is 0 Å². The maximum absolute atomic E-state index is 11.2. The molecule has 0 spiro atoms. The molecule has 116 valence electrons. The van der Waals surface area contributed by atoms with Crippen LogP contribution in [0.1, 0.15) is 24.0 Å². The average Bonchev–Trinajstić information content (AvgIpc) is 2.97. The number of carbonyl (C=O) groups is 1. The van der Waals surface area contributed by atoms with E-state index in [1.807, 2.05) is 30.3 Å². The van der Waals surface area contributed by atoms with Crippen LogP contribution in [0.3, 0.4) is 0 Å². The van der Waals surface area contributed by atoms with Gasteiger partial charge in [0.25, 0.3) is 0 Å². The molecule has 23 heavy (non-hydrogen) atoms. The Kier molecular flexibility index (Phi) is 3.85. The SMILES string of the molecule is CC(c1ccccc1)c1ccc(-c2cnn(C(N)=O)c2N)cc1. The van der Waals surface area contributed by atoms with Crippen molar-refractivity contribution in [3.63, 3.8) is 0 Å². The molecule has 0 radical (unpaired) electrons. The third-order valence-corrected chi connectivity index (χ3v) is 4.04. The van der Waals surface area contributed by atoms with Crippen LogP contribution in [0, 0.1) is 0 Å². The summed E-state index contributed by atoms with van der Waals surface area (Å²) >= 11 is 0. The van der Waals surface area contributed by atoms with E-state index in [1.165, 1.54) is 11.1 Å². The van der Waals surface area contributed by atoms with Gasteiger partial charge in [-0.25, -0.2) is 4.79 Å². The minimum absolute atomic E-state index is 0.251. The van der Waals surface area contributed by atoms with Gasteiger partial charge in [0.1, 0.15) is 5.82 Å². The summed E-state index contributed by atoms with van der Waals surface area (Å²) in [5.41, 5.74) is 15.2. The Hall–Kier alpha value is -3.08. The van der Waals surface area contributed by atoms with Gasteiger partial charge < -0.3 is 11.5 Å². The van der Waals surface area contributed by atoms with Crippen molar-refractivity contribution in [3.05, 3.63) is 71.9 Å². The lowest BCUT2D eigenvalue weighted by molar-refractivity contribution is 0.248. The average molecular weight is 306 g/mol. The first-order valence-electron chi connectivity index (χ1n) is 7.36. The fraction of sp³-hybridized carbons (Fsp3) is 0.111. The van der Waals surface area contributed by atoms with Crippen molar-refractivity contribution in [2.24, 2.45) is 5.73 Å². The highest BCUT2D eigenvalue weighted by molar-refractivity contribution is 5.83. The molecule has 1 unspecified atom stereocenters. The fourth-order valence-corrected chi connectivity index (χ4v) is 2.64. The molecule has 2 aromatic carbocycles. The molecular formula is C18H18N4O. The zero-order valence-corrected chi connectivity index (χ0v) is 12.8. The van der Waals surface area contributed by atoms with E-state index in [2.05, 4.69) is 36.3 Å². The Morgan fingerprint density at radius 2 is 1.65 bits per heavy atom. The number of nitrogens with two attached hydrogens (primary N) is 2. The van der Waals surface area contributed by atoms with Crippen molar-refractivity contribution < 1.29 is 4.79 Å². The minimum atomic E-state index is -0.692. The van der Waals surface area contributed by atoms with Gasteiger partial charge in [0.2, 0.25) is 0 Å². The monoisotopic (exact) mass is 306 g/mol. The first kappa shape index (κ1) is 14.8. The summed E-state index contributed by atoms with van der Waals surface area (Å²) in [5.74, 6) is 0.553. The normalized spacial score (nSPS) is 12.0. The van der Waals surface area contributed by atoms with Gasteiger partial charge in [0.05, 0.1) is 6.20 Å². The zero-order chi connectivity index (χ0) is 16.4. The number of nitrogens with zero attached hydrogens (tertiary/aromatic N) is 2. The third-order valence-electron chi connectivity index (χ3n) is 4.04. The van der Waals surface area contributed by atoms with Crippen LogP contribution in [-0.2, 0) is 0 Å². The van der Waals surface area contributed by atoms with Crippen LogP contribution in [0.25, 0.3) is 11.1 Å². The molecule has 5 heteroatoms. The first-order chi connectivity index (χ1) is 11.1. The molecule has 0 saturated heterocycles. The summed E-state index contributed by atoms with van der Waals surface area (Å²) in [7, 11) is 0. The van der Waals surface area contributed by atoms with Crippen molar-refractivity contribution in [2.75, 3.05) is 5.73 Å². The maximum atomic E-state index is 11.2. The fourth-order valence-electron chi connectivity index (χ4n) is 2.64. The molecule has 0 fully saturated rings. The third kappa shape index (κ3) is 2.81. The second-order valence-electron chi connectivity index (χ2n) is 5.45. The van der Waals surface area contributed by atoms with Crippen LogP contribution < -0.4 is 11.5 Å². The van der Waals surface area contributed by atoms with Gasteiger partial charge in [0.15, 0.2) is 0 Å². The van der Waals surface area contributed by atoms with Crippen molar-refractivity contribution >= 4 is 11.8 Å². The summed E-state index contributed by atoms with van der Waals surface area (Å²) in [6.07, 6.45) is 1.55. The Morgan fingerprint density at radius 1 is 1.04 bits per heavy atom. The Balaban J connectivity index is 1.89. The number of amides is 1. The molecule has 0 aliphatic heterocycles. The lowest BCUT2D eigenvalue weighted by atomic mass is 9.92. The molecule has 1 amide bonds. The molecule has 0 aliphatic carbocycles. The van der Waals surface area contributed by atoms with E-state index < -0.39 is 6.03 Å². The molecule has 0 aliphatic rings. The van der Waals surface area contributed by atoms with Crippen LogP contribution in [0.15, 0.2) is 60.8 Å². The summed E-state index contributed by atoms with van der Waals surface area (Å²) in [6.45, 7) is 2.17. The summed E-state index contributed by atoms with van der Waals surface area (Å²) in [4.78, 5) is 11.2. The Morgan fingerprint density at radius 3 is 2.22 bits per heavy atom. The molecule has 1 atom stereocenters. The molecule has 3 aromatic rings. The zero-order valence-electron chi connectivity index (χ0n) is 12.8. The highest BCUT2D eigenvalue weighted by Crippen LogP contribution is 2.29. The maximum Gasteiger partial charge on any atom is 0.341 e. The quantitative estimate of drug-likeness (QED) is 0.779. The topological polar surface area (TPSA) is 86.9 Å². The van der Waals surface area contributed by atoms with Crippen LogP contribution in [-0.4, -0.2) is 15.8 Å². The van der Waals surface area contributed by atoms with Crippen LogP contribution >= 0.6 is 0 Å². The van der Waals surface area contributed by atoms with E-state index in [9.17, 15) is 4.79 Å². The van der Waals surface area contributed by atoms with Gasteiger partial charge in [-0.15, -0.1) is 0 Å². The van der Waals surface area contributed by atoms with Crippen LogP contribution in [0.5, 0.6) is 0 Å². The molecule has 0 bridgehead atoms. The Bertz CT molecular complexity index is 822. The molecule has 3 rings (SSSR count). The second-order valence-corrected chi connectivity index (χ2v) is 5.45. The Labute approximate surface area is 134 Å². The second kappa shape index (κ2) is 5.96. The van der Waals surface area contributed by atoms with E-state index in [4.69, 9.17) is 11.5 Å². The van der Waals surface area contributed by atoms with Crippen LogP contribution in [0.2, 0.25) is 0 Å². The molecule has 1 aromatic heterocycles. The van der Waals surface area contributed by atoms with Gasteiger partial charge in [-0.2, -0.15) is 9.78 Å². The molecule has 0 saturated carbocycles. The lowest BCUT2D eigenvalue weighted by Crippen LogP contribution is -2.22. The van der Waals surface area contributed by atoms with Crippen LogP contribution in [0.4, 0.5) is 10.6 Å². The minimum Gasteiger partial charge on any atom is -0.383 e. The van der Waals surface area contributed by atoms with Crippen molar-refractivity contribution in [1.82, 2.24) is 9.78 Å². The number of rotatable bonds is 3. The van der Waals surface area contributed by atoms with Gasteiger partial charge >= 0.3 is 6.03 Å². The highest BCUT2D eigenvalue weighted by Gasteiger charge is 2.13. The van der Waals surface area contributed by atoms with Gasteiger partial charge in [0, 0.05) is 11.5 Å². The number of anilines is 1. The van der Waals surface area contributed by atoms with E-state index in [0.717, 1.165) is 10.2 Å². The number of hydrogen-bond acceptors (Lipinski definition) is 3. The number of nitrogen functional groups attached to an aromatic ring is 1. The summed E-state index contributed by atoms with van der Waals surface area (Å²) in [5, 5.41) is 3.91. The van der Waals surface area contributed by atoms with E-state index in [-0.39, 0.29) is 5.82 Å². The predicted molar refractivity (Wildman–Crippen MR) is 91.0 cm³/mol. The highest BCUT2D eigenvalue weighted by atomic mass is 16.2. The lowest BCUT2D eigenvalue weighted by Gasteiger charge is -2.13. The smallest absolute Gasteiger partial charge is 0.341 e. The molecule has 1 heterocycles. The van der Waals surface area contributed by atoms with E-state index >= 15 is 0 Å².